The van der Waals surface area contributed by atoms with E-state index in [1.54, 1.807) is 0 Å². The predicted molar refractivity (Wildman–Crippen MR) is 67.4 cm³/mol. The molecule has 2 rings (SSSR count). The first-order chi connectivity index (χ1) is 8.29. The van der Waals surface area contributed by atoms with Gasteiger partial charge in [-0.3, -0.25) is 4.68 Å². The highest BCUT2D eigenvalue weighted by Gasteiger charge is 2.23. The maximum absolute atomic E-state index is 9.34. The number of hydrogen-bond donors (Lipinski definition) is 2. The van der Waals surface area contributed by atoms with Gasteiger partial charge in [-0.25, -0.2) is 0 Å². The molecule has 1 aliphatic carbocycles. The first-order valence-electron chi connectivity index (χ1n) is 6.59. The summed E-state index contributed by atoms with van der Waals surface area (Å²) in [5.74, 6) is 1.14. The third-order valence-electron chi connectivity index (χ3n) is 3.78. The first kappa shape index (κ1) is 12.6. The molecule has 1 aliphatic rings. The molecule has 0 radical (unpaired) electrons. The van der Waals surface area contributed by atoms with Gasteiger partial charge in [-0.2, -0.15) is 5.10 Å². The van der Waals surface area contributed by atoms with E-state index in [1.807, 2.05) is 24.0 Å². The number of hydrogen-bond acceptors (Lipinski definition) is 3. The van der Waals surface area contributed by atoms with E-state index in [1.165, 1.54) is 25.7 Å². The quantitative estimate of drug-likeness (QED) is 0.812. The predicted octanol–water partition coefficient (Wildman–Crippen LogP) is 1.31. The van der Waals surface area contributed by atoms with Crippen molar-refractivity contribution in [1.29, 1.82) is 0 Å². The lowest BCUT2D eigenvalue weighted by Crippen LogP contribution is -2.32. The van der Waals surface area contributed by atoms with Gasteiger partial charge in [0.2, 0.25) is 0 Å². The number of rotatable bonds is 5. The largest absolute Gasteiger partial charge is 0.396 e. The van der Waals surface area contributed by atoms with Gasteiger partial charge in [0.15, 0.2) is 0 Å². The number of nitrogens with zero attached hydrogens (tertiary/aromatic N) is 2. The molecule has 17 heavy (non-hydrogen) atoms. The first-order valence-corrected chi connectivity index (χ1v) is 6.59. The zero-order chi connectivity index (χ0) is 12.1. The molecule has 1 heterocycles. The highest BCUT2D eigenvalue weighted by atomic mass is 16.3. The molecule has 0 amide bonds. The van der Waals surface area contributed by atoms with Gasteiger partial charge >= 0.3 is 0 Å². The second kappa shape index (κ2) is 6.17. The van der Waals surface area contributed by atoms with Crippen LogP contribution < -0.4 is 5.32 Å². The smallest absolute Gasteiger partial charge is 0.0762 e. The lowest BCUT2D eigenvalue weighted by molar-refractivity contribution is 0.133. The van der Waals surface area contributed by atoms with Crippen molar-refractivity contribution in [2.24, 2.45) is 18.9 Å². The Morgan fingerprint density at radius 1 is 1.41 bits per heavy atom. The summed E-state index contributed by atoms with van der Waals surface area (Å²) in [6.07, 6.45) is 7.00. The Balaban J connectivity index is 1.73. The molecule has 0 aliphatic heterocycles. The molecule has 2 atom stereocenters. The van der Waals surface area contributed by atoms with Crippen LogP contribution in [0.25, 0.3) is 0 Å². The zero-order valence-electron chi connectivity index (χ0n) is 10.6. The molecule has 1 fully saturated rings. The van der Waals surface area contributed by atoms with E-state index in [9.17, 15) is 5.11 Å². The van der Waals surface area contributed by atoms with Crippen LogP contribution in [0, 0.1) is 11.8 Å². The molecule has 0 saturated heterocycles. The average molecular weight is 237 g/mol. The molecular weight excluding hydrogens is 214 g/mol. The fraction of sp³-hybridized carbons (Fsp3) is 0.769. The molecule has 0 spiro atoms. The fourth-order valence-corrected chi connectivity index (χ4v) is 2.74. The molecule has 1 saturated carbocycles. The Kier molecular flexibility index (Phi) is 4.57. The summed E-state index contributed by atoms with van der Waals surface area (Å²) in [5.41, 5.74) is 1.09. The molecule has 2 unspecified atom stereocenters. The van der Waals surface area contributed by atoms with Gasteiger partial charge in [0.1, 0.15) is 0 Å². The average Bonchev–Trinajstić information content (AvgIpc) is 2.76. The summed E-state index contributed by atoms with van der Waals surface area (Å²) in [7, 11) is 1.94. The molecule has 1 aromatic rings. The number of aryl methyl sites for hydroxylation is 1. The second-order valence-electron chi connectivity index (χ2n) is 5.10. The lowest BCUT2D eigenvalue weighted by Gasteiger charge is -2.30. The Labute approximate surface area is 103 Å². The van der Waals surface area contributed by atoms with Crippen molar-refractivity contribution in [2.45, 2.75) is 32.2 Å². The molecule has 4 heteroatoms. The molecule has 4 nitrogen and oxygen atoms in total. The van der Waals surface area contributed by atoms with Crippen LogP contribution in [0.4, 0.5) is 0 Å². The van der Waals surface area contributed by atoms with Gasteiger partial charge in [0.25, 0.3) is 0 Å². The maximum atomic E-state index is 9.34. The number of aromatic nitrogens is 2. The van der Waals surface area contributed by atoms with Crippen LogP contribution in [0.2, 0.25) is 0 Å². The van der Waals surface area contributed by atoms with Gasteiger partial charge in [0, 0.05) is 26.4 Å². The van der Waals surface area contributed by atoms with Crippen LogP contribution in [-0.4, -0.2) is 28.0 Å². The van der Waals surface area contributed by atoms with Gasteiger partial charge in [-0.05, 0) is 37.3 Å². The van der Waals surface area contributed by atoms with Gasteiger partial charge in [-0.1, -0.05) is 12.8 Å². The molecule has 0 bridgehead atoms. The minimum Gasteiger partial charge on any atom is -0.396 e. The van der Waals surface area contributed by atoms with Crippen molar-refractivity contribution in [1.82, 2.24) is 15.1 Å². The fourth-order valence-electron chi connectivity index (χ4n) is 2.74. The van der Waals surface area contributed by atoms with Crippen molar-refractivity contribution in [3.05, 3.63) is 18.0 Å². The highest BCUT2D eigenvalue weighted by molar-refractivity contribution is 4.98. The van der Waals surface area contributed by atoms with E-state index in [2.05, 4.69) is 10.4 Å². The van der Waals surface area contributed by atoms with Crippen LogP contribution >= 0.6 is 0 Å². The van der Waals surface area contributed by atoms with Crippen molar-refractivity contribution in [3.63, 3.8) is 0 Å². The van der Waals surface area contributed by atoms with Crippen LogP contribution in [0.15, 0.2) is 12.3 Å². The minimum absolute atomic E-state index is 0.343. The van der Waals surface area contributed by atoms with E-state index in [0.717, 1.165) is 18.8 Å². The Morgan fingerprint density at radius 2 is 2.18 bits per heavy atom. The van der Waals surface area contributed by atoms with Gasteiger partial charge in [0.05, 0.1) is 5.69 Å². The summed E-state index contributed by atoms with van der Waals surface area (Å²) < 4.78 is 1.83. The summed E-state index contributed by atoms with van der Waals surface area (Å²) in [6, 6.07) is 2.04. The van der Waals surface area contributed by atoms with Gasteiger partial charge in [-0.15, -0.1) is 0 Å². The van der Waals surface area contributed by atoms with Crippen molar-refractivity contribution in [3.8, 4) is 0 Å². The van der Waals surface area contributed by atoms with E-state index >= 15 is 0 Å². The Hall–Kier alpha value is -0.870. The lowest BCUT2D eigenvalue weighted by atomic mass is 9.79. The van der Waals surface area contributed by atoms with Crippen molar-refractivity contribution >= 4 is 0 Å². The highest BCUT2D eigenvalue weighted by Crippen LogP contribution is 2.29. The molecular formula is C13H23N3O. The topological polar surface area (TPSA) is 50.1 Å². The molecule has 0 aromatic carbocycles. The van der Waals surface area contributed by atoms with Crippen LogP contribution in [0.1, 0.15) is 31.4 Å². The third-order valence-corrected chi connectivity index (χ3v) is 3.78. The minimum atomic E-state index is 0.343. The monoisotopic (exact) mass is 237 g/mol. The van der Waals surface area contributed by atoms with E-state index in [-0.39, 0.29) is 0 Å². The SMILES string of the molecule is Cn1ccc(CNCC2CCCCC2CO)n1. The van der Waals surface area contributed by atoms with Crippen LogP contribution in [0.5, 0.6) is 0 Å². The standard InChI is InChI=1S/C13H23N3O/c1-16-7-6-13(15-16)9-14-8-11-4-2-3-5-12(11)10-17/h6-7,11-12,14,17H,2-5,8-10H2,1H3. The number of nitrogens with one attached hydrogen (secondary N) is 1. The molecule has 1 aromatic heterocycles. The van der Waals surface area contributed by atoms with Crippen molar-refractivity contribution in [2.75, 3.05) is 13.2 Å². The summed E-state index contributed by atoms with van der Waals surface area (Å²) in [6.45, 7) is 2.17. The van der Waals surface area contributed by atoms with E-state index < -0.39 is 0 Å². The van der Waals surface area contributed by atoms with Gasteiger partial charge < -0.3 is 10.4 Å². The van der Waals surface area contributed by atoms with E-state index in [0.29, 0.717) is 18.4 Å². The van der Waals surface area contributed by atoms with Crippen molar-refractivity contribution < 1.29 is 5.11 Å². The maximum Gasteiger partial charge on any atom is 0.0762 e. The summed E-state index contributed by atoms with van der Waals surface area (Å²) in [4.78, 5) is 0. The normalized spacial score (nSPS) is 25.1. The van der Waals surface area contributed by atoms with E-state index in [4.69, 9.17) is 0 Å². The Bertz CT molecular complexity index is 337. The summed E-state index contributed by atoms with van der Waals surface area (Å²) in [5, 5.41) is 17.1. The summed E-state index contributed by atoms with van der Waals surface area (Å²) >= 11 is 0. The van der Waals surface area contributed by atoms with Crippen LogP contribution in [0.3, 0.4) is 0 Å². The third kappa shape index (κ3) is 3.54. The number of aliphatic hydroxyl groups is 1. The zero-order valence-corrected chi connectivity index (χ0v) is 10.6. The molecule has 96 valence electrons. The molecule has 2 N–H and O–H groups in total. The number of aliphatic hydroxyl groups excluding tert-OH is 1. The second-order valence-corrected chi connectivity index (χ2v) is 5.10. The Morgan fingerprint density at radius 3 is 2.82 bits per heavy atom. The van der Waals surface area contributed by atoms with Crippen LogP contribution in [-0.2, 0) is 13.6 Å².